The zero-order valence-electron chi connectivity index (χ0n) is 14.1. The first-order valence-corrected chi connectivity index (χ1v) is 7.47. The van der Waals surface area contributed by atoms with Crippen molar-refractivity contribution in [2.45, 2.75) is 33.6 Å². The van der Waals surface area contributed by atoms with Crippen molar-refractivity contribution in [3.05, 3.63) is 29.8 Å². The van der Waals surface area contributed by atoms with Crippen molar-refractivity contribution in [3.63, 3.8) is 0 Å². The topological polar surface area (TPSA) is 55.6 Å². The highest BCUT2D eigenvalue weighted by atomic mass is 35.5. The SMILES string of the molecule is Cc1cccc(OCCCC(=O)N(C)CC(C)(C)CN)c1.Cl. The summed E-state index contributed by atoms with van der Waals surface area (Å²) in [7, 11) is 1.83. The molecule has 1 aromatic carbocycles. The van der Waals surface area contributed by atoms with Gasteiger partial charge < -0.3 is 15.4 Å². The van der Waals surface area contributed by atoms with Gasteiger partial charge in [-0.05, 0) is 43.0 Å². The molecule has 1 aromatic rings. The fourth-order valence-corrected chi connectivity index (χ4v) is 2.10. The van der Waals surface area contributed by atoms with Gasteiger partial charge >= 0.3 is 0 Å². The lowest BCUT2D eigenvalue weighted by Gasteiger charge is -2.29. The number of benzene rings is 1. The van der Waals surface area contributed by atoms with E-state index >= 15 is 0 Å². The molecule has 0 heterocycles. The van der Waals surface area contributed by atoms with Gasteiger partial charge in [0.15, 0.2) is 0 Å². The predicted octanol–water partition coefficient (Wildman–Crippen LogP) is 3.02. The van der Waals surface area contributed by atoms with Crippen molar-refractivity contribution in [1.29, 1.82) is 0 Å². The van der Waals surface area contributed by atoms with E-state index in [1.165, 1.54) is 5.56 Å². The molecule has 2 N–H and O–H groups in total. The van der Waals surface area contributed by atoms with Crippen molar-refractivity contribution >= 4 is 18.3 Å². The smallest absolute Gasteiger partial charge is 0.222 e. The largest absolute Gasteiger partial charge is 0.494 e. The summed E-state index contributed by atoms with van der Waals surface area (Å²) in [5.74, 6) is 1.00. The van der Waals surface area contributed by atoms with E-state index in [0.717, 1.165) is 12.2 Å². The zero-order chi connectivity index (χ0) is 15.9. The van der Waals surface area contributed by atoms with E-state index in [-0.39, 0.29) is 23.7 Å². The van der Waals surface area contributed by atoms with Crippen molar-refractivity contribution < 1.29 is 9.53 Å². The van der Waals surface area contributed by atoms with Crippen LogP contribution in [0.5, 0.6) is 5.75 Å². The van der Waals surface area contributed by atoms with Crippen LogP contribution in [-0.2, 0) is 4.79 Å². The van der Waals surface area contributed by atoms with Crippen LogP contribution in [0.2, 0.25) is 0 Å². The molecule has 0 bridgehead atoms. The average Bonchev–Trinajstić information content (AvgIpc) is 2.43. The molecule has 0 atom stereocenters. The van der Waals surface area contributed by atoms with Crippen LogP contribution in [0.3, 0.4) is 0 Å². The third-order valence-corrected chi connectivity index (χ3v) is 3.44. The molecule has 0 saturated heterocycles. The summed E-state index contributed by atoms with van der Waals surface area (Å²) in [6.45, 7) is 7.98. The molecule has 0 aliphatic rings. The highest BCUT2D eigenvalue weighted by Crippen LogP contribution is 2.15. The number of aryl methyl sites for hydroxylation is 1. The van der Waals surface area contributed by atoms with Crippen LogP contribution in [0, 0.1) is 12.3 Å². The number of halogens is 1. The number of hydrogen-bond donors (Lipinski definition) is 1. The van der Waals surface area contributed by atoms with E-state index in [1.54, 1.807) is 4.90 Å². The minimum atomic E-state index is -0.0392. The van der Waals surface area contributed by atoms with Gasteiger partial charge in [0.05, 0.1) is 6.61 Å². The normalized spacial score (nSPS) is 10.8. The number of ether oxygens (including phenoxy) is 1. The van der Waals surface area contributed by atoms with E-state index in [1.807, 2.05) is 38.2 Å². The third kappa shape index (κ3) is 7.66. The maximum Gasteiger partial charge on any atom is 0.222 e. The predicted molar refractivity (Wildman–Crippen MR) is 93.6 cm³/mol. The number of nitrogens with two attached hydrogens (primary N) is 1. The van der Waals surface area contributed by atoms with Gasteiger partial charge in [0, 0.05) is 20.0 Å². The second kappa shape index (κ2) is 9.70. The van der Waals surface area contributed by atoms with Gasteiger partial charge in [-0.3, -0.25) is 4.79 Å². The van der Waals surface area contributed by atoms with E-state index < -0.39 is 0 Å². The Bertz CT molecular complexity index is 464. The molecule has 0 saturated carbocycles. The zero-order valence-corrected chi connectivity index (χ0v) is 14.9. The van der Waals surface area contributed by atoms with Crippen molar-refractivity contribution in [1.82, 2.24) is 4.90 Å². The van der Waals surface area contributed by atoms with E-state index in [9.17, 15) is 4.79 Å². The maximum atomic E-state index is 12.0. The summed E-state index contributed by atoms with van der Waals surface area (Å²) in [6.07, 6.45) is 1.23. The van der Waals surface area contributed by atoms with Gasteiger partial charge in [-0.25, -0.2) is 0 Å². The molecule has 1 amide bonds. The number of carbonyl (C=O) groups excluding carboxylic acids is 1. The fourth-order valence-electron chi connectivity index (χ4n) is 2.10. The van der Waals surface area contributed by atoms with Crippen LogP contribution in [-0.4, -0.2) is 37.6 Å². The first-order chi connectivity index (χ1) is 9.84. The number of carbonyl (C=O) groups is 1. The number of rotatable bonds is 8. The summed E-state index contributed by atoms with van der Waals surface area (Å²) in [6, 6.07) is 7.94. The fraction of sp³-hybridized carbons (Fsp3) is 0.588. The Balaban J connectivity index is 0.00000441. The summed E-state index contributed by atoms with van der Waals surface area (Å²) in [5, 5.41) is 0. The molecule has 0 fully saturated rings. The van der Waals surface area contributed by atoms with Gasteiger partial charge in [0.2, 0.25) is 5.91 Å². The Labute approximate surface area is 140 Å². The Morgan fingerprint density at radius 2 is 2.05 bits per heavy atom. The molecule has 22 heavy (non-hydrogen) atoms. The van der Waals surface area contributed by atoms with Crippen LogP contribution < -0.4 is 10.5 Å². The quantitative estimate of drug-likeness (QED) is 0.746. The minimum Gasteiger partial charge on any atom is -0.494 e. The summed E-state index contributed by atoms with van der Waals surface area (Å²) >= 11 is 0. The number of hydrogen-bond acceptors (Lipinski definition) is 3. The first-order valence-electron chi connectivity index (χ1n) is 7.47. The summed E-state index contributed by atoms with van der Waals surface area (Å²) < 4.78 is 5.65. The molecular weight excluding hydrogens is 300 g/mol. The van der Waals surface area contributed by atoms with Crippen LogP contribution in [0.25, 0.3) is 0 Å². The second-order valence-electron chi connectivity index (χ2n) is 6.39. The standard InChI is InChI=1S/C17H28N2O2.ClH/c1-14-7-5-8-15(11-14)21-10-6-9-16(20)19(4)13-17(2,3)12-18;/h5,7-8,11H,6,9-10,12-13,18H2,1-4H3;1H. The molecule has 0 aliphatic carbocycles. The monoisotopic (exact) mass is 328 g/mol. The number of amides is 1. The van der Waals surface area contributed by atoms with Crippen molar-refractivity contribution in [2.75, 3.05) is 26.7 Å². The van der Waals surface area contributed by atoms with E-state index in [0.29, 0.717) is 26.1 Å². The van der Waals surface area contributed by atoms with Crippen LogP contribution in [0.15, 0.2) is 24.3 Å². The van der Waals surface area contributed by atoms with Gasteiger partial charge in [-0.15, -0.1) is 12.4 Å². The molecule has 0 aromatic heterocycles. The number of nitrogens with zero attached hydrogens (tertiary/aromatic N) is 1. The maximum absolute atomic E-state index is 12.0. The van der Waals surface area contributed by atoms with Gasteiger partial charge in [0.25, 0.3) is 0 Å². The molecule has 1 rings (SSSR count). The van der Waals surface area contributed by atoms with E-state index in [2.05, 4.69) is 13.8 Å². The molecule has 5 heteroatoms. The molecule has 0 radical (unpaired) electrons. The summed E-state index contributed by atoms with van der Waals surface area (Å²) in [5.41, 5.74) is 6.83. The third-order valence-electron chi connectivity index (χ3n) is 3.44. The Morgan fingerprint density at radius 1 is 1.36 bits per heavy atom. The summed E-state index contributed by atoms with van der Waals surface area (Å²) in [4.78, 5) is 13.8. The molecule has 0 spiro atoms. The second-order valence-corrected chi connectivity index (χ2v) is 6.39. The molecule has 0 aliphatic heterocycles. The highest BCUT2D eigenvalue weighted by Gasteiger charge is 2.20. The van der Waals surface area contributed by atoms with Crippen molar-refractivity contribution in [2.24, 2.45) is 11.1 Å². The Hall–Kier alpha value is -1.26. The molecule has 4 nitrogen and oxygen atoms in total. The lowest BCUT2D eigenvalue weighted by molar-refractivity contribution is -0.131. The van der Waals surface area contributed by atoms with Crippen LogP contribution >= 0.6 is 12.4 Å². The van der Waals surface area contributed by atoms with Crippen LogP contribution in [0.4, 0.5) is 0 Å². The first kappa shape index (κ1) is 20.7. The average molecular weight is 329 g/mol. The minimum absolute atomic E-state index is 0. The van der Waals surface area contributed by atoms with Gasteiger partial charge in [0.1, 0.15) is 5.75 Å². The Morgan fingerprint density at radius 3 is 2.64 bits per heavy atom. The lowest BCUT2D eigenvalue weighted by Crippen LogP contribution is -2.39. The molecule has 0 unspecified atom stereocenters. The van der Waals surface area contributed by atoms with Crippen molar-refractivity contribution in [3.8, 4) is 5.75 Å². The molecular formula is C17H29ClN2O2. The highest BCUT2D eigenvalue weighted by molar-refractivity contribution is 5.85. The van der Waals surface area contributed by atoms with Gasteiger partial charge in [-0.2, -0.15) is 0 Å². The van der Waals surface area contributed by atoms with Crippen LogP contribution in [0.1, 0.15) is 32.3 Å². The lowest BCUT2D eigenvalue weighted by atomic mass is 9.93. The Kier molecular flexibility index (Phi) is 9.14. The van der Waals surface area contributed by atoms with E-state index in [4.69, 9.17) is 10.5 Å². The molecule has 126 valence electrons. The van der Waals surface area contributed by atoms with Gasteiger partial charge in [-0.1, -0.05) is 26.0 Å².